The van der Waals surface area contributed by atoms with Crippen LogP contribution in [0.15, 0.2) is 12.4 Å². The molecule has 4 nitrogen and oxygen atoms in total. The fraction of sp³-hybridized carbons (Fsp3) is 0.750. The fourth-order valence-electron chi connectivity index (χ4n) is 1.63. The minimum atomic E-state index is 0.430. The normalized spacial score (nSPS) is 12.9. The molecule has 1 aromatic heterocycles. The standard InChI is InChI=1S/C12H23N3O/c1-4-6-15-9-11(8-14-15)7-13-12(5-2)10-16-3/h8-9,12-13H,4-7,10H2,1-3H3. The van der Waals surface area contributed by atoms with Crippen LogP contribution in [0.4, 0.5) is 0 Å². The molecule has 0 aliphatic carbocycles. The van der Waals surface area contributed by atoms with E-state index in [9.17, 15) is 0 Å². The van der Waals surface area contributed by atoms with E-state index >= 15 is 0 Å². The Labute approximate surface area is 98.0 Å². The highest BCUT2D eigenvalue weighted by molar-refractivity contribution is 5.03. The number of methoxy groups -OCH3 is 1. The molecule has 0 spiro atoms. The lowest BCUT2D eigenvalue weighted by atomic mass is 10.2. The molecule has 0 bridgehead atoms. The van der Waals surface area contributed by atoms with E-state index in [0.29, 0.717) is 6.04 Å². The summed E-state index contributed by atoms with van der Waals surface area (Å²) >= 11 is 0. The van der Waals surface area contributed by atoms with E-state index in [1.54, 1.807) is 7.11 Å². The molecule has 16 heavy (non-hydrogen) atoms. The van der Waals surface area contributed by atoms with Crippen molar-refractivity contribution in [2.45, 2.75) is 45.8 Å². The van der Waals surface area contributed by atoms with E-state index in [0.717, 1.165) is 32.5 Å². The zero-order valence-electron chi connectivity index (χ0n) is 10.6. The zero-order valence-corrected chi connectivity index (χ0v) is 10.6. The van der Waals surface area contributed by atoms with E-state index in [1.807, 2.05) is 10.9 Å². The molecular weight excluding hydrogens is 202 g/mol. The smallest absolute Gasteiger partial charge is 0.0615 e. The maximum atomic E-state index is 5.14. The van der Waals surface area contributed by atoms with E-state index in [1.165, 1.54) is 5.56 Å². The summed E-state index contributed by atoms with van der Waals surface area (Å²) in [5, 5.41) is 7.76. The topological polar surface area (TPSA) is 39.1 Å². The molecule has 0 saturated heterocycles. The van der Waals surface area contributed by atoms with Crippen molar-refractivity contribution in [1.82, 2.24) is 15.1 Å². The second kappa shape index (κ2) is 7.41. The van der Waals surface area contributed by atoms with Gasteiger partial charge in [0.1, 0.15) is 0 Å². The molecule has 92 valence electrons. The van der Waals surface area contributed by atoms with Gasteiger partial charge in [-0.3, -0.25) is 4.68 Å². The molecule has 1 N–H and O–H groups in total. The highest BCUT2D eigenvalue weighted by Gasteiger charge is 2.05. The summed E-state index contributed by atoms with van der Waals surface area (Å²) in [6.07, 6.45) is 6.24. The number of hydrogen-bond donors (Lipinski definition) is 1. The van der Waals surface area contributed by atoms with Gasteiger partial charge < -0.3 is 10.1 Å². The molecule has 4 heteroatoms. The molecule has 0 radical (unpaired) electrons. The molecule has 0 aromatic carbocycles. The van der Waals surface area contributed by atoms with Crippen LogP contribution >= 0.6 is 0 Å². The van der Waals surface area contributed by atoms with Gasteiger partial charge >= 0.3 is 0 Å². The molecule has 1 rings (SSSR count). The van der Waals surface area contributed by atoms with Crippen LogP contribution in [-0.2, 0) is 17.8 Å². The van der Waals surface area contributed by atoms with Gasteiger partial charge in [-0.2, -0.15) is 5.10 Å². The largest absolute Gasteiger partial charge is 0.383 e. The number of rotatable bonds is 8. The molecule has 1 unspecified atom stereocenters. The number of nitrogens with zero attached hydrogens (tertiary/aromatic N) is 2. The van der Waals surface area contributed by atoms with Crippen molar-refractivity contribution in [2.75, 3.05) is 13.7 Å². The third kappa shape index (κ3) is 4.33. The van der Waals surface area contributed by atoms with Gasteiger partial charge in [-0.15, -0.1) is 0 Å². The van der Waals surface area contributed by atoms with Crippen LogP contribution in [0.5, 0.6) is 0 Å². The van der Waals surface area contributed by atoms with Crippen LogP contribution < -0.4 is 5.32 Å². The fourth-order valence-corrected chi connectivity index (χ4v) is 1.63. The number of aromatic nitrogens is 2. The van der Waals surface area contributed by atoms with Crippen molar-refractivity contribution >= 4 is 0 Å². The van der Waals surface area contributed by atoms with E-state index in [2.05, 4.69) is 30.5 Å². The number of ether oxygens (including phenoxy) is 1. The summed E-state index contributed by atoms with van der Waals surface area (Å²) in [7, 11) is 1.74. The molecule has 0 aliphatic rings. The van der Waals surface area contributed by atoms with Gasteiger partial charge in [0.2, 0.25) is 0 Å². The Morgan fingerprint density at radius 3 is 2.94 bits per heavy atom. The maximum Gasteiger partial charge on any atom is 0.0615 e. The second-order valence-electron chi connectivity index (χ2n) is 4.05. The van der Waals surface area contributed by atoms with Crippen molar-refractivity contribution < 1.29 is 4.74 Å². The van der Waals surface area contributed by atoms with Crippen LogP contribution in [-0.4, -0.2) is 29.5 Å². The predicted molar refractivity (Wildman–Crippen MR) is 65.3 cm³/mol. The Hall–Kier alpha value is -0.870. The molecule has 0 amide bonds. The Balaban J connectivity index is 2.34. The van der Waals surface area contributed by atoms with Crippen LogP contribution in [0.1, 0.15) is 32.3 Å². The molecule has 0 aliphatic heterocycles. The SMILES string of the molecule is CCCn1cc(CNC(CC)COC)cn1. The van der Waals surface area contributed by atoms with Gasteiger partial charge in [0.25, 0.3) is 0 Å². The highest BCUT2D eigenvalue weighted by Crippen LogP contribution is 2.00. The van der Waals surface area contributed by atoms with Crippen LogP contribution in [0.2, 0.25) is 0 Å². The lowest BCUT2D eigenvalue weighted by Gasteiger charge is -2.14. The van der Waals surface area contributed by atoms with Crippen LogP contribution in [0, 0.1) is 0 Å². The molecule has 1 heterocycles. The average Bonchev–Trinajstić information content (AvgIpc) is 2.72. The van der Waals surface area contributed by atoms with Gasteiger partial charge in [0, 0.05) is 38.0 Å². The second-order valence-corrected chi connectivity index (χ2v) is 4.05. The summed E-state index contributed by atoms with van der Waals surface area (Å²) in [5.74, 6) is 0. The number of hydrogen-bond acceptors (Lipinski definition) is 3. The van der Waals surface area contributed by atoms with Gasteiger partial charge in [0.05, 0.1) is 12.8 Å². The summed E-state index contributed by atoms with van der Waals surface area (Å²) in [6.45, 7) is 6.95. The van der Waals surface area contributed by atoms with Crippen molar-refractivity contribution in [1.29, 1.82) is 0 Å². The summed E-state index contributed by atoms with van der Waals surface area (Å²) in [6, 6.07) is 0.430. The minimum absolute atomic E-state index is 0.430. The van der Waals surface area contributed by atoms with Crippen LogP contribution in [0.3, 0.4) is 0 Å². The predicted octanol–water partition coefficient (Wildman–Crippen LogP) is 1.81. The molecule has 0 saturated carbocycles. The number of aryl methyl sites for hydroxylation is 1. The van der Waals surface area contributed by atoms with E-state index in [-0.39, 0.29) is 0 Å². The lowest BCUT2D eigenvalue weighted by molar-refractivity contribution is 0.164. The van der Waals surface area contributed by atoms with Crippen molar-refractivity contribution in [2.24, 2.45) is 0 Å². The molecule has 1 atom stereocenters. The summed E-state index contributed by atoms with van der Waals surface area (Å²) in [5.41, 5.74) is 1.24. The first-order valence-electron chi connectivity index (χ1n) is 6.03. The van der Waals surface area contributed by atoms with Gasteiger partial charge in [-0.1, -0.05) is 13.8 Å². The summed E-state index contributed by atoms with van der Waals surface area (Å²) in [4.78, 5) is 0. The van der Waals surface area contributed by atoms with Crippen molar-refractivity contribution in [3.8, 4) is 0 Å². The van der Waals surface area contributed by atoms with Crippen molar-refractivity contribution in [3.63, 3.8) is 0 Å². The molecular formula is C12H23N3O. The minimum Gasteiger partial charge on any atom is -0.383 e. The first kappa shape index (κ1) is 13.2. The zero-order chi connectivity index (χ0) is 11.8. The van der Waals surface area contributed by atoms with E-state index < -0.39 is 0 Å². The van der Waals surface area contributed by atoms with Crippen LogP contribution in [0.25, 0.3) is 0 Å². The quantitative estimate of drug-likeness (QED) is 0.733. The average molecular weight is 225 g/mol. The third-order valence-electron chi connectivity index (χ3n) is 2.59. The maximum absolute atomic E-state index is 5.14. The van der Waals surface area contributed by atoms with Crippen molar-refractivity contribution in [3.05, 3.63) is 18.0 Å². The Kier molecular flexibility index (Phi) is 6.11. The Morgan fingerprint density at radius 2 is 2.31 bits per heavy atom. The first-order valence-corrected chi connectivity index (χ1v) is 6.03. The monoisotopic (exact) mass is 225 g/mol. The Morgan fingerprint density at radius 1 is 1.50 bits per heavy atom. The summed E-state index contributed by atoms with van der Waals surface area (Å²) < 4.78 is 7.14. The van der Waals surface area contributed by atoms with E-state index in [4.69, 9.17) is 4.74 Å². The van der Waals surface area contributed by atoms with Gasteiger partial charge in [-0.25, -0.2) is 0 Å². The third-order valence-corrected chi connectivity index (χ3v) is 2.59. The number of nitrogens with one attached hydrogen (secondary N) is 1. The lowest BCUT2D eigenvalue weighted by Crippen LogP contribution is -2.31. The Bertz CT molecular complexity index is 286. The van der Waals surface area contributed by atoms with Gasteiger partial charge in [0.15, 0.2) is 0 Å². The molecule has 1 aromatic rings. The molecule has 0 fully saturated rings. The first-order chi connectivity index (χ1) is 7.80. The van der Waals surface area contributed by atoms with Gasteiger partial charge in [-0.05, 0) is 12.8 Å². The highest BCUT2D eigenvalue weighted by atomic mass is 16.5.